The largest absolute Gasteiger partial charge is 0.388 e. The van der Waals surface area contributed by atoms with E-state index in [0.29, 0.717) is 11.3 Å². The molecule has 1 aliphatic rings. The Hall–Kier alpha value is -0.990. The Morgan fingerprint density at radius 2 is 2.11 bits per heavy atom. The van der Waals surface area contributed by atoms with Gasteiger partial charge in [-0.25, -0.2) is 0 Å². The number of rotatable bonds is 3. The predicted octanol–water partition coefficient (Wildman–Crippen LogP) is 2.72. The third-order valence-corrected chi connectivity index (χ3v) is 5.39. The Morgan fingerprint density at radius 1 is 1.47 bits per heavy atom. The van der Waals surface area contributed by atoms with Crippen LogP contribution in [-0.2, 0) is 5.60 Å². The van der Waals surface area contributed by atoms with Crippen molar-refractivity contribution in [3.8, 4) is 0 Å². The predicted molar refractivity (Wildman–Crippen MR) is 80.1 cm³/mol. The highest BCUT2D eigenvalue weighted by Gasteiger charge is 2.50. The standard InChI is InChI=1S/C16H20O2S/c1-4-11(2)15(17)14-12(3)19-10-16(14,18)13-8-6-5-7-9-13/h5-9,12,14-15,17-18H,1,10H2,2-3H3/t12-,14+,15-,16-/m1/s1. The van der Waals surface area contributed by atoms with Gasteiger partial charge in [-0.15, -0.1) is 5.73 Å². The van der Waals surface area contributed by atoms with E-state index in [2.05, 4.69) is 19.2 Å². The zero-order valence-corrected chi connectivity index (χ0v) is 12.2. The Labute approximate surface area is 118 Å². The molecule has 0 aromatic heterocycles. The number of benzene rings is 1. The van der Waals surface area contributed by atoms with E-state index in [0.717, 1.165) is 5.56 Å². The molecule has 0 bridgehead atoms. The SMILES string of the molecule is C=C=C(C)[C@@H](O)[C@@H]1[C@@H](C)SC[C@@]1(O)c1ccccc1. The van der Waals surface area contributed by atoms with Crippen LogP contribution in [0.3, 0.4) is 0 Å². The summed E-state index contributed by atoms with van der Waals surface area (Å²) < 4.78 is 0. The molecule has 0 saturated carbocycles. The summed E-state index contributed by atoms with van der Waals surface area (Å²) in [6.07, 6.45) is -0.715. The van der Waals surface area contributed by atoms with Crippen molar-refractivity contribution in [2.45, 2.75) is 30.8 Å². The van der Waals surface area contributed by atoms with Crippen molar-refractivity contribution in [1.82, 2.24) is 0 Å². The van der Waals surface area contributed by atoms with Crippen LogP contribution < -0.4 is 0 Å². The summed E-state index contributed by atoms with van der Waals surface area (Å²) in [6.45, 7) is 7.44. The van der Waals surface area contributed by atoms with Gasteiger partial charge in [0.25, 0.3) is 0 Å². The molecule has 1 aromatic carbocycles. The van der Waals surface area contributed by atoms with Crippen LogP contribution >= 0.6 is 11.8 Å². The average molecular weight is 276 g/mol. The molecule has 2 N–H and O–H groups in total. The molecule has 2 nitrogen and oxygen atoms in total. The molecule has 1 fully saturated rings. The molecule has 19 heavy (non-hydrogen) atoms. The molecule has 102 valence electrons. The zero-order valence-electron chi connectivity index (χ0n) is 11.3. The Morgan fingerprint density at radius 3 is 2.68 bits per heavy atom. The quantitative estimate of drug-likeness (QED) is 0.834. The molecule has 0 unspecified atom stereocenters. The minimum atomic E-state index is -0.997. The first kappa shape index (κ1) is 14.4. The van der Waals surface area contributed by atoms with E-state index in [-0.39, 0.29) is 11.2 Å². The summed E-state index contributed by atoms with van der Waals surface area (Å²) in [5, 5.41) is 21.7. The van der Waals surface area contributed by atoms with Gasteiger partial charge in [0, 0.05) is 16.9 Å². The lowest BCUT2D eigenvalue weighted by Crippen LogP contribution is -2.43. The fraction of sp³-hybridized carbons (Fsp3) is 0.438. The highest BCUT2D eigenvalue weighted by Crippen LogP contribution is 2.48. The number of hydrogen-bond donors (Lipinski definition) is 2. The molecule has 0 aliphatic carbocycles. The average Bonchev–Trinajstić information content (AvgIpc) is 2.75. The molecule has 0 spiro atoms. The monoisotopic (exact) mass is 276 g/mol. The van der Waals surface area contributed by atoms with Crippen molar-refractivity contribution in [2.75, 3.05) is 5.75 Å². The summed E-state index contributed by atoms with van der Waals surface area (Å²) in [7, 11) is 0. The number of hydrogen-bond acceptors (Lipinski definition) is 3. The Kier molecular flexibility index (Phi) is 4.22. The third kappa shape index (κ3) is 2.52. The fourth-order valence-electron chi connectivity index (χ4n) is 2.74. The molecular formula is C16H20O2S. The highest BCUT2D eigenvalue weighted by atomic mass is 32.2. The second-order valence-corrected chi connectivity index (χ2v) is 6.50. The van der Waals surface area contributed by atoms with E-state index < -0.39 is 11.7 Å². The molecule has 2 rings (SSSR count). The van der Waals surface area contributed by atoms with Gasteiger partial charge in [0.2, 0.25) is 0 Å². The molecule has 0 radical (unpaired) electrons. The maximum absolute atomic E-state index is 11.1. The number of aliphatic hydroxyl groups excluding tert-OH is 1. The minimum absolute atomic E-state index is 0.184. The Balaban J connectivity index is 2.42. The van der Waals surface area contributed by atoms with Crippen LogP contribution in [-0.4, -0.2) is 27.3 Å². The zero-order chi connectivity index (χ0) is 14.0. The summed E-state index contributed by atoms with van der Waals surface area (Å²) in [5.41, 5.74) is 3.31. The Bertz CT molecular complexity index is 493. The lowest BCUT2D eigenvalue weighted by atomic mass is 9.76. The molecule has 1 aliphatic heterocycles. The lowest BCUT2D eigenvalue weighted by molar-refractivity contribution is -0.0399. The van der Waals surface area contributed by atoms with Gasteiger partial charge < -0.3 is 10.2 Å². The van der Waals surface area contributed by atoms with E-state index >= 15 is 0 Å². The minimum Gasteiger partial charge on any atom is -0.388 e. The maximum atomic E-state index is 11.1. The van der Waals surface area contributed by atoms with Crippen LogP contribution in [0.5, 0.6) is 0 Å². The van der Waals surface area contributed by atoms with Crippen LogP contribution in [0.2, 0.25) is 0 Å². The first-order valence-electron chi connectivity index (χ1n) is 6.45. The first-order chi connectivity index (χ1) is 9.00. The normalized spacial score (nSPS) is 31.8. The molecule has 1 aromatic rings. The smallest absolute Gasteiger partial charge is 0.105 e. The van der Waals surface area contributed by atoms with Crippen molar-refractivity contribution in [2.24, 2.45) is 5.92 Å². The second-order valence-electron chi connectivity index (χ2n) is 5.14. The lowest BCUT2D eigenvalue weighted by Gasteiger charge is -2.35. The molecule has 3 heteroatoms. The summed E-state index contributed by atoms with van der Waals surface area (Å²) >= 11 is 1.69. The van der Waals surface area contributed by atoms with Crippen LogP contribution in [0, 0.1) is 5.92 Å². The van der Waals surface area contributed by atoms with Crippen molar-refractivity contribution in [1.29, 1.82) is 0 Å². The van der Waals surface area contributed by atoms with Crippen LogP contribution in [0.25, 0.3) is 0 Å². The van der Waals surface area contributed by atoms with Crippen molar-refractivity contribution >= 4 is 11.8 Å². The van der Waals surface area contributed by atoms with Crippen molar-refractivity contribution in [3.63, 3.8) is 0 Å². The fourth-order valence-corrected chi connectivity index (χ4v) is 4.20. The van der Waals surface area contributed by atoms with Gasteiger partial charge in [-0.2, -0.15) is 11.8 Å². The van der Waals surface area contributed by atoms with E-state index in [4.69, 9.17) is 0 Å². The summed E-state index contributed by atoms with van der Waals surface area (Å²) in [4.78, 5) is 0. The molecule has 1 heterocycles. The highest BCUT2D eigenvalue weighted by molar-refractivity contribution is 8.00. The van der Waals surface area contributed by atoms with Crippen LogP contribution in [0.15, 0.2) is 48.2 Å². The first-order valence-corrected chi connectivity index (χ1v) is 7.49. The second kappa shape index (κ2) is 5.56. The number of aliphatic hydroxyl groups is 2. The van der Waals surface area contributed by atoms with Crippen molar-refractivity contribution in [3.05, 3.63) is 53.8 Å². The van der Waals surface area contributed by atoms with E-state index in [1.54, 1.807) is 18.7 Å². The van der Waals surface area contributed by atoms with E-state index in [1.165, 1.54) is 0 Å². The van der Waals surface area contributed by atoms with E-state index in [9.17, 15) is 10.2 Å². The van der Waals surface area contributed by atoms with Gasteiger partial charge in [0.05, 0.1) is 6.10 Å². The van der Waals surface area contributed by atoms with Gasteiger partial charge in [-0.05, 0) is 18.1 Å². The molecule has 4 atom stereocenters. The maximum Gasteiger partial charge on any atom is 0.105 e. The van der Waals surface area contributed by atoms with Crippen LogP contribution in [0.4, 0.5) is 0 Å². The molecule has 0 amide bonds. The summed E-state index contributed by atoms with van der Waals surface area (Å²) in [6, 6.07) is 9.61. The van der Waals surface area contributed by atoms with Gasteiger partial charge in [-0.1, -0.05) is 43.8 Å². The van der Waals surface area contributed by atoms with Crippen LogP contribution in [0.1, 0.15) is 19.4 Å². The van der Waals surface area contributed by atoms with Gasteiger partial charge >= 0.3 is 0 Å². The topological polar surface area (TPSA) is 40.5 Å². The van der Waals surface area contributed by atoms with E-state index in [1.807, 2.05) is 30.3 Å². The van der Waals surface area contributed by atoms with Gasteiger partial charge in [0.1, 0.15) is 5.60 Å². The molecular weight excluding hydrogens is 256 g/mol. The molecule has 1 saturated heterocycles. The number of thioether (sulfide) groups is 1. The van der Waals surface area contributed by atoms with Gasteiger partial charge in [-0.3, -0.25) is 0 Å². The third-order valence-electron chi connectivity index (χ3n) is 3.96. The van der Waals surface area contributed by atoms with Gasteiger partial charge in [0.15, 0.2) is 0 Å². The van der Waals surface area contributed by atoms with Crippen molar-refractivity contribution < 1.29 is 10.2 Å². The summed E-state index contributed by atoms with van der Waals surface area (Å²) in [5.74, 6) is 0.360.